The van der Waals surface area contributed by atoms with Crippen LogP contribution in [0.25, 0.3) is 0 Å². The van der Waals surface area contributed by atoms with Gasteiger partial charge < -0.3 is 10.1 Å². The molecule has 21 heavy (non-hydrogen) atoms. The van der Waals surface area contributed by atoms with Crippen LogP contribution in [-0.2, 0) is 6.42 Å². The summed E-state index contributed by atoms with van der Waals surface area (Å²) in [7, 11) is 1.69. The Kier molecular flexibility index (Phi) is 6.11. The van der Waals surface area contributed by atoms with Gasteiger partial charge in [0.15, 0.2) is 0 Å². The molecule has 1 N–H and O–H groups in total. The molecule has 0 aliphatic rings. The van der Waals surface area contributed by atoms with Gasteiger partial charge in [-0.1, -0.05) is 25.4 Å². The summed E-state index contributed by atoms with van der Waals surface area (Å²) in [6.07, 6.45) is 1.06. The van der Waals surface area contributed by atoms with Gasteiger partial charge in [0.2, 0.25) is 0 Å². The summed E-state index contributed by atoms with van der Waals surface area (Å²) in [5.74, 6) is 0.830. The van der Waals surface area contributed by atoms with E-state index in [0.29, 0.717) is 5.02 Å². The van der Waals surface area contributed by atoms with Crippen LogP contribution >= 0.6 is 38.9 Å². The minimum Gasteiger partial charge on any atom is -0.495 e. The number of thiophene rings is 1. The molecule has 1 aromatic heterocycles. The minimum absolute atomic E-state index is 0.0882. The lowest BCUT2D eigenvalue weighted by atomic mass is 10.0. The molecular formula is C16H19BrClNOS. The largest absolute Gasteiger partial charge is 0.495 e. The lowest BCUT2D eigenvalue weighted by Crippen LogP contribution is -2.21. The fourth-order valence-electron chi connectivity index (χ4n) is 2.32. The van der Waals surface area contributed by atoms with Gasteiger partial charge in [-0.2, -0.15) is 0 Å². The van der Waals surface area contributed by atoms with Gasteiger partial charge in [0.05, 0.1) is 17.6 Å². The number of ether oxygens (including phenoxy) is 1. The van der Waals surface area contributed by atoms with Crippen LogP contribution in [0.3, 0.4) is 0 Å². The average Bonchev–Trinajstić information content (AvgIpc) is 2.92. The number of methoxy groups -OCH3 is 1. The monoisotopic (exact) mass is 387 g/mol. The molecule has 0 radical (unpaired) electrons. The second-order valence-corrected chi connectivity index (χ2v) is 7.15. The molecule has 0 saturated heterocycles. The van der Waals surface area contributed by atoms with E-state index in [4.69, 9.17) is 16.3 Å². The molecule has 1 heterocycles. The third kappa shape index (κ3) is 3.81. The Labute approximate surface area is 143 Å². The predicted molar refractivity (Wildman–Crippen MR) is 94.9 cm³/mol. The highest BCUT2D eigenvalue weighted by molar-refractivity contribution is 9.10. The van der Waals surface area contributed by atoms with Gasteiger partial charge >= 0.3 is 0 Å². The molecule has 0 aliphatic heterocycles. The van der Waals surface area contributed by atoms with Gasteiger partial charge in [-0.25, -0.2) is 0 Å². The lowest BCUT2D eigenvalue weighted by Gasteiger charge is -2.21. The van der Waals surface area contributed by atoms with E-state index < -0.39 is 0 Å². The Hall–Kier alpha value is -0.550. The van der Waals surface area contributed by atoms with Gasteiger partial charge in [0.1, 0.15) is 5.75 Å². The number of hydrogen-bond acceptors (Lipinski definition) is 3. The number of nitrogens with one attached hydrogen (secondary N) is 1. The molecule has 1 unspecified atom stereocenters. The summed E-state index contributed by atoms with van der Waals surface area (Å²) in [6, 6.07) is 8.30. The fraction of sp³-hybridized carbons (Fsp3) is 0.375. The van der Waals surface area contributed by atoms with E-state index in [0.717, 1.165) is 28.8 Å². The Morgan fingerprint density at radius 1 is 1.33 bits per heavy atom. The first-order valence-electron chi connectivity index (χ1n) is 6.95. The van der Waals surface area contributed by atoms with Crippen LogP contribution in [-0.4, -0.2) is 13.7 Å². The standard InChI is InChI=1S/C16H19BrClNOS/c1-4-11-6-7-14(21-11)15(19-5-2)12-8-10(18)9-13(17)16(12)20-3/h6-9,15,19H,4-5H2,1-3H3. The number of benzene rings is 1. The SMILES string of the molecule is CCNC(c1ccc(CC)s1)c1cc(Cl)cc(Br)c1OC. The van der Waals surface area contributed by atoms with Crippen molar-refractivity contribution in [2.75, 3.05) is 13.7 Å². The highest BCUT2D eigenvalue weighted by Gasteiger charge is 2.21. The number of rotatable bonds is 6. The highest BCUT2D eigenvalue weighted by atomic mass is 79.9. The van der Waals surface area contributed by atoms with Crippen LogP contribution in [0.2, 0.25) is 5.02 Å². The molecule has 2 nitrogen and oxygen atoms in total. The summed E-state index contributed by atoms with van der Waals surface area (Å²) in [6.45, 7) is 5.15. The Morgan fingerprint density at radius 2 is 2.10 bits per heavy atom. The van der Waals surface area contributed by atoms with E-state index in [9.17, 15) is 0 Å². The van der Waals surface area contributed by atoms with E-state index in [1.165, 1.54) is 9.75 Å². The van der Waals surface area contributed by atoms with Gasteiger partial charge in [-0.3, -0.25) is 0 Å². The molecule has 0 spiro atoms. The van der Waals surface area contributed by atoms with Crippen molar-refractivity contribution < 1.29 is 4.74 Å². The second-order valence-electron chi connectivity index (χ2n) is 4.66. The summed E-state index contributed by atoms with van der Waals surface area (Å²) < 4.78 is 6.45. The zero-order chi connectivity index (χ0) is 15.4. The van der Waals surface area contributed by atoms with Crippen molar-refractivity contribution in [1.29, 1.82) is 0 Å². The Bertz CT molecular complexity index is 614. The Morgan fingerprint density at radius 3 is 2.67 bits per heavy atom. The van der Waals surface area contributed by atoms with Crippen LogP contribution in [0.15, 0.2) is 28.7 Å². The van der Waals surface area contributed by atoms with Crippen molar-refractivity contribution >= 4 is 38.9 Å². The lowest BCUT2D eigenvalue weighted by molar-refractivity contribution is 0.402. The highest BCUT2D eigenvalue weighted by Crippen LogP contribution is 2.39. The van der Waals surface area contributed by atoms with Gasteiger partial charge in [-0.15, -0.1) is 11.3 Å². The van der Waals surface area contributed by atoms with Crippen LogP contribution in [0.5, 0.6) is 5.75 Å². The summed E-state index contributed by atoms with van der Waals surface area (Å²) in [5.41, 5.74) is 1.06. The van der Waals surface area contributed by atoms with Crippen molar-refractivity contribution in [3.63, 3.8) is 0 Å². The average molecular weight is 389 g/mol. The van der Waals surface area contributed by atoms with E-state index in [1.54, 1.807) is 7.11 Å². The molecule has 5 heteroatoms. The summed E-state index contributed by atoms with van der Waals surface area (Å²) in [5, 5.41) is 4.23. The van der Waals surface area contributed by atoms with Crippen molar-refractivity contribution in [2.24, 2.45) is 0 Å². The quantitative estimate of drug-likeness (QED) is 0.712. The fourth-order valence-corrected chi connectivity index (χ4v) is 4.36. The first kappa shape index (κ1) is 16.8. The van der Waals surface area contributed by atoms with Crippen molar-refractivity contribution in [3.05, 3.63) is 49.1 Å². The van der Waals surface area contributed by atoms with Crippen LogP contribution in [0.1, 0.15) is 35.2 Å². The van der Waals surface area contributed by atoms with Crippen LogP contribution in [0, 0.1) is 0 Å². The minimum atomic E-state index is 0.0882. The first-order valence-corrected chi connectivity index (χ1v) is 8.94. The van der Waals surface area contributed by atoms with Gasteiger partial charge in [-0.05, 0) is 53.2 Å². The predicted octanol–water partition coefficient (Wildman–Crippen LogP) is 5.43. The van der Waals surface area contributed by atoms with Crippen molar-refractivity contribution in [3.8, 4) is 5.75 Å². The summed E-state index contributed by atoms with van der Waals surface area (Å²) >= 11 is 11.6. The molecule has 0 saturated carbocycles. The molecule has 0 bridgehead atoms. The Balaban J connectivity index is 2.51. The second kappa shape index (κ2) is 7.63. The molecule has 2 aromatic rings. The third-order valence-electron chi connectivity index (χ3n) is 3.28. The van der Waals surface area contributed by atoms with Gasteiger partial charge in [0, 0.05) is 20.3 Å². The zero-order valence-electron chi connectivity index (χ0n) is 12.4. The molecule has 1 aromatic carbocycles. The molecule has 1 atom stereocenters. The van der Waals surface area contributed by atoms with Crippen molar-refractivity contribution in [1.82, 2.24) is 5.32 Å². The van der Waals surface area contributed by atoms with Crippen LogP contribution < -0.4 is 10.1 Å². The van der Waals surface area contributed by atoms with E-state index in [2.05, 4.69) is 47.2 Å². The molecular weight excluding hydrogens is 370 g/mol. The van der Waals surface area contributed by atoms with E-state index in [1.807, 2.05) is 23.5 Å². The first-order chi connectivity index (χ1) is 10.1. The molecule has 0 amide bonds. The molecule has 0 aliphatic carbocycles. The maximum atomic E-state index is 6.23. The molecule has 2 rings (SSSR count). The van der Waals surface area contributed by atoms with Gasteiger partial charge in [0.25, 0.3) is 0 Å². The summed E-state index contributed by atoms with van der Waals surface area (Å²) in [4.78, 5) is 2.66. The van der Waals surface area contributed by atoms with Crippen LogP contribution in [0.4, 0.5) is 0 Å². The maximum Gasteiger partial charge on any atom is 0.138 e. The zero-order valence-corrected chi connectivity index (χ0v) is 15.5. The van der Waals surface area contributed by atoms with Crippen molar-refractivity contribution in [2.45, 2.75) is 26.3 Å². The molecule has 0 fully saturated rings. The number of aryl methyl sites for hydroxylation is 1. The maximum absolute atomic E-state index is 6.23. The third-order valence-corrected chi connectivity index (χ3v) is 5.38. The smallest absolute Gasteiger partial charge is 0.138 e. The number of hydrogen-bond donors (Lipinski definition) is 1. The number of halogens is 2. The van der Waals surface area contributed by atoms with E-state index in [-0.39, 0.29) is 6.04 Å². The molecule has 114 valence electrons. The van der Waals surface area contributed by atoms with E-state index >= 15 is 0 Å². The topological polar surface area (TPSA) is 21.3 Å². The normalized spacial score (nSPS) is 12.4.